The number of hydrogen-bond donors (Lipinski definition) is 1. The number of rotatable bonds is 3. The van der Waals surface area contributed by atoms with Crippen LogP contribution in [0.15, 0.2) is 42.7 Å². The van der Waals surface area contributed by atoms with Gasteiger partial charge in [-0.05, 0) is 35.1 Å². The Labute approximate surface area is 115 Å². The van der Waals surface area contributed by atoms with Crippen molar-refractivity contribution in [2.45, 2.75) is 45.8 Å². The summed E-state index contributed by atoms with van der Waals surface area (Å²) in [5, 5.41) is 9.52. The van der Waals surface area contributed by atoms with E-state index in [2.05, 4.69) is 49.6 Å². The van der Waals surface area contributed by atoms with Gasteiger partial charge in [0.2, 0.25) is 0 Å². The average molecular weight is 257 g/mol. The van der Waals surface area contributed by atoms with Crippen LogP contribution in [0.3, 0.4) is 0 Å². The molecule has 1 unspecified atom stereocenters. The molecule has 2 rings (SSSR count). The first-order valence-electron chi connectivity index (χ1n) is 6.79. The molecule has 1 heterocycles. The molecule has 0 fully saturated rings. The molecule has 102 valence electrons. The Balaban J connectivity index is 2.11. The Morgan fingerprint density at radius 3 is 2.21 bits per heavy atom. The summed E-state index contributed by atoms with van der Waals surface area (Å²) < 4.78 is 2.11. The van der Waals surface area contributed by atoms with E-state index < -0.39 is 6.10 Å². The van der Waals surface area contributed by atoms with Crippen LogP contribution in [0.1, 0.15) is 50.5 Å². The average Bonchev–Trinajstić information content (AvgIpc) is 2.77. The zero-order chi connectivity index (χ0) is 14.0. The van der Waals surface area contributed by atoms with Crippen LogP contribution in [-0.2, 0) is 12.0 Å². The maximum Gasteiger partial charge on any atom is 0.0776 e. The molecule has 0 bridgehead atoms. The van der Waals surface area contributed by atoms with E-state index in [1.807, 2.05) is 18.5 Å². The predicted octanol–water partition coefficient (Wildman–Crippen LogP) is 3.89. The van der Waals surface area contributed by atoms with Crippen LogP contribution >= 0.6 is 0 Å². The van der Waals surface area contributed by atoms with Crippen molar-refractivity contribution in [2.75, 3.05) is 0 Å². The summed E-state index contributed by atoms with van der Waals surface area (Å²) in [6, 6.07) is 10.7. The Hall–Kier alpha value is -1.54. The van der Waals surface area contributed by atoms with Gasteiger partial charge in [0.05, 0.1) is 6.10 Å². The topological polar surface area (TPSA) is 25.2 Å². The van der Waals surface area contributed by atoms with Gasteiger partial charge in [-0.3, -0.25) is 0 Å². The second-order valence-corrected chi connectivity index (χ2v) is 6.24. The quantitative estimate of drug-likeness (QED) is 0.886. The van der Waals surface area contributed by atoms with Gasteiger partial charge in [0.25, 0.3) is 0 Å². The molecule has 2 heteroatoms. The first kappa shape index (κ1) is 13.9. The van der Waals surface area contributed by atoms with Crippen molar-refractivity contribution in [2.24, 2.45) is 0 Å². The number of hydrogen-bond acceptors (Lipinski definition) is 1. The summed E-state index contributed by atoms with van der Waals surface area (Å²) in [5.41, 5.74) is 3.80. The molecular weight excluding hydrogens is 234 g/mol. The lowest BCUT2D eigenvalue weighted by molar-refractivity contribution is 0.199. The highest BCUT2D eigenvalue weighted by atomic mass is 16.3. The summed E-state index contributed by atoms with van der Waals surface area (Å²) in [5.74, 6) is 0. The minimum absolute atomic E-state index is 0.200. The third-order valence-electron chi connectivity index (χ3n) is 3.44. The molecule has 19 heavy (non-hydrogen) atoms. The van der Waals surface area contributed by atoms with E-state index in [9.17, 15) is 5.11 Å². The summed E-state index contributed by atoms with van der Waals surface area (Å²) >= 11 is 0. The molecule has 2 aromatic rings. The normalized spacial score (nSPS) is 13.5. The SMILES string of the molecule is CC(O)c1ccn(Cc2ccc(C(C)(C)C)cc2)c1. The van der Waals surface area contributed by atoms with E-state index in [0.29, 0.717) is 0 Å². The van der Waals surface area contributed by atoms with Gasteiger partial charge in [-0.2, -0.15) is 0 Å². The fraction of sp³-hybridized carbons (Fsp3) is 0.412. The lowest BCUT2D eigenvalue weighted by atomic mass is 9.87. The molecule has 1 N–H and O–H groups in total. The summed E-state index contributed by atoms with van der Waals surface area (Å²) in [4.78, 5) is 0. The Bertz CT molecular complexity index is 529. The van der Waals surface area contributed by atoms with Crippen molar-refractivity contribution in [3.8, 4) is 0 Å². The van der Waals surface area contributed by atoms with E-state index in [4.69, 9.17) is 0 Å². The molecule has 0 aliphatic rings. The maximum atomic E-state index is 9.52. The van der Waals surface area contributed by atoms with Crippen LogP contribution in [-0.4, -0.2) is 9.67 Å². The van der Waals surface area contributed by atoms with Gasteiger partial charge in [0, 0.05) is 18.9 Å². The molecule has 0 aliphatic heterocycles. The second kappa shape index (κ2) is 5.22. The number of aromatic nitrogens is 1. The van der Waals surface area contributed by atoms with Gasteiger partial charge >= 0.3 is 0 Å². The molecule has 0 amide bonds. The van der Waals surface area contributed by atoms with Gasteiger partial charge in [0.1, 0.15) is 0 Å². The minimum atomic E-state index is -0.399. The largest absolute Gasteiger partial charge is 0.389 e. The molecule has 0 aliphatic carbocycles. The van der Waals surface area contributed by atoms with E-state index in [-0.39, 0.29) is 5.41 Å². The van der Waals surface area contributed by atoms with E-state index >= 15 is 0 Å². The van der Waals surface area contributed by atoms with Crippen molar-refractivity contribution in [1.29, 1.82) is 0 Å². The van der Waals surface area contributed by atoms with Crippen LogP contribution < -0.4 is 0 Å². The monoisotopic (exact) mass is 257 g/mol. The number of benzene rings is 1. The predicted molar refractivity (Wildman–Crippen MR) is 79.3 cm³/mol. The van der Waals surface area contributed by atoms with Crippen molar-refractivity contribution in [3.63, 3.8) is 0 Å². The standard InChI is InChI=1S/C17H23NO/c1-13(19)15-9-10-18(12-15)11-14-5-7-16(8-6-14)17(2,3)4/h5-10,12-13,19H,11H2,1-4H3. The number of aliphatic hydroxyl groups excluding tert-OH is 1. The van der Waals surface area contributed by atoms with Crippen molar-refractivity contribution in [3.05, 3.63) is 59.4 Å². The Morgan fingerprint density at radius 2 is 1.74 bits per heavy atom. The van der Waals surface area contributed by atoms with Crippen LogP contribution in [0.2, 0.25) is 0 Å². The molecule has 1 aromatic heterocycles. The van der Waals surface area contributed by atoms with Gasteiger partial charge in [-0.1, -0.05) is 45.0 Å². The summed E-state index contributed by atoms with van der Waals surface area (Å²) in [6.07, 6.45) is 3.62. The van der Waals surface area contributed by atoms with Gasteiger partial charge in [-0.25, -0.2) is 0 Å². The van der Waals surface area contributed by atoms with Gasteiger partial charge in [0.15, 0.2) is 0 Å². The zero-order valence-electron chi connectivity index (χ0n) is 12.2. The number of nitrogens with zero attached hydrogens (tertiary/aromatic N) is 1. The summed E-state index contributed by atoms with van der Waals surface area (Å²) in [7, 11) is 0. The molecule has 2 nitrogen and oxygen atoms in total. The fourth-order valence-electron chi connectivity index (χ4n) is 2.13. The van der Waals surface area contributed by atoms with E-state index in [1.54, 1.807) is 6.92 Å². The first-order valence-corrected chi connectivity index (χ1v) is 6.79. The fourth-order valence-corrected chi connectivity index (χ4v) is 2.13. The minimum Gasteiger partial charge on any atom is -0.389 e. The smallest absolute Gasteiger partial charge is 0.0776 e. The molecule has 0 saturated heterocycles. The zero-order valence-corrected chi connectivity index (χ0v) is 12.2. The molecule has 0 spiro atoms. The van der Waals surface area contributed by atoms with Gasteiger partial charge in [-0.15, -0.1) is 0 Å². The Kier molecular flexibility index (Phi) is 3.81. The number of aliphatic hydroxyl groups is 1. The molecule has 1 aromatic carbocycles. The highest BCUT2D eigenvalue weighted by Gasteiger charge is 2.12. The van der Waals surface area contributed by atoms with Crippen LogP contribution in [0.5, 0.6) is 0 Å². The Morgan fingerprint density at radius 1 is 1.11 bits per heavy atom. The maximum absolute atomic E-state index is 9.52. The van der Waals surface area contributed by atoms with Crippen LogP contribution in [0.4, 0.5) is 0 Å². The van der Waals surface area contributed by atoms with Crippen molar-refractivity contribution >= 4 is 0 Å². The van der Waals surface area contributed by atoms with E-state index in [0.717, 1.165) is 12.1 Å². The molecule has 1 atom stereocenters. The first-order chi connectivity index (χ1) is 8.86. The van der Waals surface area contributed by atoms with Crippen molar-refractivity contribution < 1.29 is 5.11 Å². The highest BCUT2D eigenvalue weighted by molar-refractivity contribution is 5.28. The van der Waals surface area contributed by atoms with Gasteiger partial charge < -0.3 is 9.67 Å². The third-order valence-corrected chi connectivity index (χ3v) is 3.44. The third kappa shape index (κ3) is 3.48. The molecule has 0 radical (unpaired) electrons. The van der Waals surface area contributed by atoms with Crippen LogP contribution in [0, 0.1) is 0 Å². The van der Waals surface area contributed by atoms with E-state index in [1.165, 1.54) is 11.1 Å². The lowest BCUT2D eigenvalue weighted by Crippen LogP contribution is -2.10. The molecular formula is C17H23NO. The summed E-state index contributed by atoms with van der Waals surface area (Å²) in [6.45, 7) is 9.31. The van der Waals surface area contributed by atoms with Crippen LogP contribution in [0.25, 0.3) is 0 Å². The lowest BCUT2D eigenvalue weighted by Gasteiger charge is -2.19. The molecule has 0 saturated carbocycles. The van der Waals surface area contributed by atoms with Crippen molar-refractivity contribution in [1.82, 2.24) is 4.57 Å². The highest BCUT2D eigenvalue weighted by Crippen LogP contribution is 2.22. The second-order valence-electron chi connectivity index (χ2n) is 6.24.